The number of halogens is 1. The van der Waals surface area contributed by atoms with Gasteiger partial charge >= 0.3 is 0 Å². The van der Waals surface area contributed by atoms with E-state index in [-0.39, 0.29) is 11.9 Å². The van der Waals surface area contributed by atoms with Crippen LogP contribution in [-0.4, -0.2) is 43.0 Å². The Balaban J connectivity index is 1.80. The van der Waals surface area contributed by atoms with Gasteiger partial charge in [0.05, 0.1) is 6.04 Å². The third-order valence-electron chi connectivity index (χ3n) is 4.00. The van der Waals surface area contributed by atoms with Crippen molar-refractivity contribution < 1.29 is 14.3 Å². The van der Waals surface area contributed by atoms with Gasteiger partial charge in [-0.15, -0.1) is 0 Å². The van der Waals surface area contributed by atoms with Gasteiger partial charge in [-0.05, 0) is 62.5 Å². The van der Waals surface area contributed by atoms with E-state index >= 15 is 0 Å². The van der Waals surface area contributed by atoms with Crippen LogP contribution in [0.4, 0.5) is 5.69 Å². The number of benzene rings is 2. The van der Waals surface area contributed by atoms with E-state index in [9.17, 15) is 9.59 Å². The van der Waals surface area contributed by atoms with Gasteiger partial charge in [0.15, 0.2) is 0 Å². The van der Waals surface area contributed by atoms with E-state index in [1.807, 2.05) is 43.1 Å². The van der Waals surface area contributed by atoms with Crippen molar-refractivity contribution in [2.75, 3.05) is 25.5 Å². The summed E-state index contributed by atoms with van der Waals surface area (Å²) in [5, 5.41) is 2.82. The van der Waals surface area contributed by atoms with Crippen LogP contribution in [0.3, 0.4) is 0 Å². The number of anilines is 1. The first-order valence-corrected chi connectivity index (χ1v) is 8.95. The smallest absolute Gasteiger partial charge is 0.248 e. The summed E-state index contributed by atoms with van der Waals surface area (Å²) in [5.74, 6) is 0.151. The highest BCUT2D eigenvalue weighted by atomic mass is 79.9. The number of nitrogens with two attached hydrogens (primary N) is 1. The molecule has 2 amide bonds. The van der Waals surface area contributed by atoms with Crippen LogP contribution in [0.25, 0.3) is 0 Å². The Bertz CT molecular complexity index is 748. The number of rotatable bonds is 8. The van der Waals surface area contributed by atoms with Crippen LogP contribution in [-0.2, 0) is 4.79 Å². The molecule has 0 fully saturated rings. The summed E-state index contributed by atoms with van der Waals surface area (Å²) in [4.78, 5) is 25.3. The van der Waals surface area contributed by atoms with Crippen molar-refractivity contribution in [1.29, 1.82) is 0 Å². The molecule has 7 heteroatoms. The molecule has 0 saturated heterocycles. The fraction of sp³-hybridized carbons (Fsp3) is 0.263. The summed E-state index contributed by atoms with van der Waals surface area (Å²) in [6, 6.07) is 13.7. The monoisotopic (exact) mass is 419 g/mol. The van der Waals surface area contributed by atoms with Gasteiger partial charge in [0, 0.05) is 22.3 Å². The first-order valence-electron chi connectivity index (χ1n) is 8.16. The van der Waals surface area contributed by atoms with Crippen molar-refractivity contribution in [1.82, 2.24) is 4.90 Å². The summed E-state index contributed by atoms with van der Waals surface area (Å²) >= 11 is 3.38. The summed E-state index contributed by atoms with van der Waals surface area (Å²) in [7, 11) is 1.87. The summed E-state index contributed by atoms with van der Waals surface area (Å²) in [5.41, 5.74) is 6.22. The summed E-state index contributed by atoms with van der Waals surface area (Å²) in [6.45, 7) is 2.90. The lowest BCUT2D eigenvalue weighted by atomic mass is 10.2. The van der Waals surface area contributed by atoms with Gasteiger partial charge in [0.25, 0.3) is 0 Å². The second-order valence-corrected chi connectivity index (χ2v) is 6.81. The molecule has 3 N–H and O–H groups in total. The number of nitrogens with zero attached hydrogens (tertiary/aromatic N) is 1. The maximum absolute atomic E-state index is 12.4. The zero-order valence-corrected chi connectivity index (χ0v) is 16.3. The molecule has 0 unspecified atom stereocenters. The number of hydrogen-bond donors (Lipinski definition) is 2. The van der Waals surface area contributed by atoms with Crippen LogP contribution in [0.2, 0.25) is 0 Å². The highest BCUT2D eigenvalue weighted by Gasteiger charge is 2.18. The van der Waals surface area contributed by atoms with Gasteiger partial charge in [-0.2, -0.15) is 0 Å². The molecular formula is C19H22BrN3O3. The number of nitrogens with one attached hydrogen (secondary N) is 1. The number of primary amides is 1. The second kappa shape index (κ2) is 9.35. The summed E-state index contributed by atoms with van der Waals surface area (Å²) < 4.78 is 6.67. The predicted molar refractivity (Wildman–Crippen MR) is 105 cm³/mol. The Kier molecular flexibility index (Phi) is 7.17. The van der Waals surface area contributed by atoms with Gasteiger partial charge in [-0.25, -0.2) is 0 Å². The Labute approximate surface area is 161 Å². The standard InChI is InChI=1S/C19H22BrN3O3/c1-13(19(25)22-16-7-3-14(4-8-16)18(21)24)23(2)11-12-26-17-9-5-15(20)6-10-17/h3-10,13H,11-12H2,1-2H3,(H2,21,24)(H,22,25)/t13-/m1/s1. The minimum Gasteiger partial charge on any atom is -0.492 e. The largest absolute Gasteiger partial charge is 0.492 e. The van der Waals surface area contributed by atoms with Crippen molar-refractivity contribution in [3.8, 4) is 5.75 Å². The lowest BCUT2D eigenvalue weighted by Gasteiger charge is -2.23. The Morgan fingerprint density at radius 1 is 1.15 bits per heavy atom. The predicted octanol–water partition coefficient (Wildman–Crippen LogP) is 2.89. The molecule has 138 valence electrons. The Morgan fingerprint density at radius 3 is 2.35 bits per heavy atom. The van der Waals surface area contributed by atoms with E-state index in [1.165, 1.54) is 0 Å². The van der Waals surface area contributed by atoms with Crippen molar-refractivity contribution in [2.45, 2.75) is 13.0 Å². The van der Waals surface area contributed by atoms with E-state index in [1.54, 1.807) is 24.3 Å². The van der Waals surface area contributed by atoms with Gasteiger partial charge in [-0.3, -0.25) is 14.5 Å². The zero-order chi connectivity index (χ0) is 19.1. The maximum Gasteiger partial charge on any atom is 0.248 e. The number of hydrogen-bond acceptors (Lipinski definition) is 4. The number of amides is 2. The Morgan fingerprint density at radius 2 is 1.77 bits per heavy atom. The SMILES string of the molecule is C[C@H](C(=O)Nc1ccc(C(N)=O)cc1)N(C)CCOc1ccc(Br)cc1. The van der Waals surface area contributed by atoms with E-state index in [0.29, 0.717) is 24.4 Å². The van der Waals surface area contributed by atoms with Crippen molar-refractivity contribution in [3.63, 3.8) is 0 Å². The van der Waals surface area contributed by atoms with Gasteiger partial charge in [0.2, 0.25) is 11.8 Å². The molecule has 0 radical (unpaired) electrons. The molecule has 0 aliphatic rings. The van der Waals surface area contributed by atoms with Gasteiger partial charge in [0.1, 0.15) is 12.4 Å². The lowest BCUT2D eigenvalue weighted by Crippen LogP contribution is -2.41. The van der Waals surface area contributed by atoms with E-state index in [0.717, 1.165) is 10.2 Å². The average molecular weight is 420 g/mol. The highest BCUT2D eigenvalue weighted by Crippen LogP contribution is 2.16. The van der Waals surface area contributed by atoms with Crippen molar-refractivity contribution in [3.05, 3.63) is 58.6 Å². The van der Waals surface area contributed by atoms with E-state index < -0.39 is 5.91 Å². The molecule has 1 atom stereocenters. The maximum atomic E-state index is 12.4. The third-order valence-corrected chi connectivity index (χ3v) is 4.53. The highest BCUT2D eigenvalue weighted by molar-refractivity contribution is 9.10. The van der Waals surface area contributed by atoms with Crippen LogP contribution in [0.1, 0.15) is 17.3 Å². The van der Waals surface area contributed by atoms with Gasteiger partial charge < -0.3 is 15.8 Å². The van der Waals surface area contributed by atoms with Crippen LogP contribution in [0, 0.1) is 0 Å². The molecule has 0 bridgehead atoms. The van der Waals surface area contributed by atoms with Crippen LogP contribution in [0.5, 0.6) is 5.75 Å². The first kappa shape index (κ1) is 19.9. The number of carbonyl (C=O) groups is 2. The van der Waals surface area contributed by atoms with Crippen LogP contribution in [0.15, 0.2) is 53.0 Å². The molecule has 0 heterocycles. The molecule has 0 spiro atoms. The molecule has 0 aliphatic carbocycles. The molecule has 2 rings (SSSR count). The topological polar surface area (TPSA) is 84.7 Å². The van der Waals surface area contributed by atoms with E-state index in [4.69, 9.17) is 10.5 Å². The van der Waals surface area contributed by atoms with E-state index in [2.05, 4.69) is 21.2 Å². The minimum absolute atomic E-state index is 0.136. The molecule has 0 saturated carbocycles. The second-order valence-electron chi connectivity index (χ2n) is 5.89. The normalized spacial score (nSPS) is 11.8. The third kappa shape index (κ3) is 5.86. The molecule has 26 heavy (non-hydrogen) atoms. The molecule has 6 nitrogen and oxygen atoms in total. The average Bonchev–Trinajstić information content (AvgIpc) is 2.63. The van der Waals surface area contributed by atoms with Crippen molar-refractivity contribution >= 4 is 33.4 Å². The molecule has 2 aromatic carbocycles. The fourth-order valence-electron chi connectivity index (χ4n) is 2.20. The molecule has 0 aliphatic heterocycles. The van der Waals surface area contributed by atoms with Crippen molar-refractivity contribution in [2.24, 2.45) is 5.73 Å². The fourth-order valence-corrected chi connectivity index (χ4v) is 2.46. The van der Waals surface area contributed by atoms with Crippen LogP contribution >= 0.6 is 15.9 Å². The first-order chi connectivity index (χ1) is 12.4. The minimum atomic E-state index is -0.498. The summed E-state index contributed by atoms with van der Waals surface area (Å²) in [6.07, 6.45) is 0. The quantitative estimate of drug-likeness (QED) is 0.688. The Hall–Kier alpha value is -2.38. The lowest BCUT2D eigenvalue weighted by molar-refractivity contribution is -0.120. The number of carbonyl (C=O) groups excluding carboxylic acids is 2. The van der Waals surface area contributed by atoms with Crippen LogP contribution < -0.4 is 15.8 Å². The van der Waals surface area contributed by atoms with Gasteiger partial charge in [-0.1, -0.05) is 15.9 Å². The molecule has 0 aromatic heterocycles. The number of ether oxygens (including phenoxy) is 1. The zero-order valence-electron chi connectivity index (χ0n) is 14.7. The molecular weight excluding hydrogens is 398 g/mol. The number of likely N-dealkylation sites (N-methyl/N-ethyl adjacent to an activating group) is 1. The molecule has 2 aromatic rings.